The molecule has 112 valence electrons. The van der Waals surface area contributed by atoms with E-state index in [4.69, 9.17) is 4.74 Å². The van der Waals surface area contributed by atoms with Gasteiger partial charge in [-0.15, -0.1) is 0 Å². The van der Waals surface area contributed by atoms with Crippen LogP contribution in [0, 0.1) is 0 Å². The van der Waals surface area contributed by atoms with Crippen LogP contribution >= 0.6 is 0 Å². The molecule has 1 N–H and O–H groups in total. The molecular formula is C16H27N3O. The first-order valence-electron chi connectivity index (χ1n) is 7.90. The average Bonchev–Trinajstić information content (AvgIpc) is 2.68. The molecule has 2 rings (SSSR count). The summed E-state index contributed by atoms with van der Waals surface area (Å²) in [6, 6.07) is 4.55. The van der Waals surface area contributed by atoms with Gasteiger partial charge in [-0.25, -0.2) is 4.98 Å². The highest BCUT2D eigenvalue weighted by atomic mass is 16.5. The first kappa shape index (κ1) is 15.1. The van der Waals surface area contributed by atoms with Crippen molar-refractivity contribution in [1.82, 2.24) is 9.88 Å². The molecule has 1 saturated heterocycles. The molecule has 4 heteroatoms. The Balaban J connectivity index is 1.93. The first-order valence-corrected chi connectivity index (χ1v) is 7.90. The summed E-state index contributed by atoms with van der Waals surface area (Å²) in [5.74, 6) is 0.727. The van der Waals surface area contributed by atoms with Crippen LogP contribution in [0.15, 0.2) is 18.3 Å². The molecule has 1 aliphatic heterocycles. The number of pyridine rings is 1. The highest BCUT2D eigenvalue weighted by Gasteiger charge is 2.17. The van der Waals surface area contributed by atoms with Gasteiger partial charge in [0.25, 0.3) is 0 Å². The smallest absolute Gasteiger partial charge is 0.237 e. The van der Waals surface area contributed by atoms with E-state index < -0.39 is 0 Å². The van der Waals surface area contributed by atoms with Crippen LogP contribution in [0.1, 0.15) is 39.5 Å². The molecule has 0 radical (unpaired) electrons. The molecule has 1 fully saturated rings. The molecule has 1 aromatic heterocycles. The number of hydrogen-bond acceptors (Lipinski definition) is 4. The molecule has 0 bridgehead atoms. The summed E-state index contributed by atoms with van der Waals surface area (Å²) in [5, 5.41) is 3.62. The summed E-state index contributed by atoms with van der Waals surface area (Å²) in [6.45, 7) is 8.55. The molecule has 0 spiro atoms. The van der Waals surface area contributed by atoms with E-state index >= 15 is 0 Å². The number of rotatable bonds is 6. The van der Waals surface area contributed by atoms with Gasteiger partial charge in [0, 0.05) is 18.8 Å². The van der Waals surface area contributed by atoms with Crippen molar-refractivity contribution >= 4 is 5.69 Å². The normalized spacial score (nSPS) is 20.4. The van der Waals surface area contributed by atoms with Crippen LogP contribution in [-0.4, -0.2) is 42.2 Å². The fourth-order valence-corrected chi connectivity index (χ4v) is 2.81. The minimum Gasteiger partial charge on any atom is -0.476 e. The average molecular weight is 277 g/mol. The summed E-state index contributed by atoms with van der Waals surface area (Å²) >= 11 is 0. The first-order chi connectivity index (χ1) is 9.83. The van der Waals surface area contributed by atoms with Crippen molar-refractivity contribution < 1.29 is 4.74 Å². The topological polar surface area (TPSA) is 37.4 Å². The Morgan fingerprint density at radius 3 is 3.05 bits per heavy atom. The number of anilines is 1. The minimum atomic E-state index is 0.528. The van der Waals surface area contributed by atoms with Crippen LogP contribution in [0.5, 0.6) is 5.88 Å². The number of nitrogens with zero attached hydrogens (tertiary/aromatic N) is 2. The second-order valence-corrected chi connectivity index (χ2v) is 5.40. The lowest BCUT2D eigenvalue weighted by atomic mass is 10.1. The van der Waals surface area contributed by atoms with Gasteiger partial charge in [-0.3, -0.25) is 0 Å². The molecule has 1 aromatic rings. The lowest BCUT2D eigenvalue weighted by molar-refractivity contribution is 0.285. The molecule has 20 heavy (non-hydrogen) atoms. The third-order valence-electron chi connectivity index (χ3n) is 3.77. The van der Waals surface area contributed by atoms with Crippen molar-refractivity contribution in [3.8, 4) is 5.88 Å². The molecule has 0 saturated carbocycles. The summed E-state index contributed by atoms with van der Waals surface area (Å²) in [4.78, 5) is 6.88. The van der Waals surface area contributed by atoms with Crippen molar-refractivity contribution in [2.24, 2.45) is 0 Å². The summed E-state index contributed by atoms with van der Waals surface area (Å²) in [6.07, 6.45) is 6.71. The maximum absolute atomic E-state index is 5.59. The van der Waals surface area contributed by atoms with Gasteiger partial charge >= 0.3 is 0 Å². The second-order valence-electron chi connectivity index (χ2n) is 5.40. The van der Waals surface area contributed by atoms with Crippen LogP contribution < -0.4 is 10.1 Å². The van der Waals surface area contributed by atoms with E-state index in [9.17, 15) is 0 Å². The summed E-state index contributed by atoms with van der Waals surface area (Å²) in [5.41, 5.74) is 1.03. The quantitative estimate of drug-likeness (QED) is 0.866. The Morgan fingerprint density at radius 1 is 1.35 bits per heavy atom. The van der Waals surface area contributed by atoms with Crippen LogP contribution in [0.3, 0.4) is 0 Å². The predicted molar refractivity (Wildman–Crippen MR) is 83.4 cm³/mol. The van der Waals surface area contributed by atoms with Crippen molar-refractivity contribution in [3.63, 3.8) is 0 Å². The fraction of sp³-hybridized carbons (Fsp3) is 0.688. The van der Waals surface area contributed by atoms with Gasteiger partial charge < -0.3 is 15.0 Å². The Hall–Kier alpha value is -1.29. The van der Waals surface area contributed by atoms with E-state index in [0.29, 0.717) is 12.6 Å². The van der Waals surface area contributed by atoms with E-state index in [1.54, 1.807) is 6.20 Å². The van der Waals surface area contributed by atoms with Gasteiger partial charge in [0.1, 0.15) is 0 Å². The predicted octanol–water partition coefficient (Wildman–Crippen LogP) is 3.16. The molecule has 0 aliphatic carbocycles. The molecule has 0 aromatic carbocycles. The Bertz CT molecular complexity index is 397. The Morgan fingerprint density at radius 2 is 2.25 bits per heavy atom. The SMILES string of the molecule is CCCN1CCCC(Nc2cccnc2OCC)CC1. The standard InChI is InChI=1S/C16H27N3O/c1-3-11-19-12-6-7-14(9-13-19)18-15-8-5-10-17-16(15)20-4-2/h5,8,10,14,18H,3-4,6-7,9,11-13H2,1-2H3. The van der Waals surface area contributed by atoms with Gasteiger partial charge in [-0.05, 0) is 57.8 Å². The van der Waals surface area contributed by atoms with E-state index in [0.717, 1.165) is 11.6 Å². The molecule has 4 nitrogen and oxygen atoms in total. The summed E-state index contributed by atoms with van der Waals surface area (Å²) < 4.78 is 5.59. The number of nitrogens with one attached hydrogen (secondary N) is 1. The minimum absolute atomic E-state index is 0.528. The zero-order valence-electron chi connectivity index (χ0n) is 12.8. The van der Waals surface area contributed by atoms with Gasteiger partial charge in [-0.2, -0.15) is 0 Å². The van der Waals surface area contributed by atoms with E-state index in [2.05, 4.69) is 28.2 Å². The fourth-order valence-electron chi connectivity index (χ4n) is 2.81. The van der Waals surface area contributed by atoms with Crippen molar-refractivity contribution in [2.45, 2.75) is 45.6 Å². The van der Waals surface area contributed by atoms with E-state index in [1.165, 1.54) is 45.3 Å². The third kappa shape index (κ3) is 4.37. The number of hydrogen-bond donors (Lipinski definition) is 1. The summed E-state index contributed by atoms with van der Waals surface area (Å²) in [7, 11) is 0. The Labute approximate surface area is 122 Å². The Kier molecular flexibility index (Phi) is 6.12. The molecule has 2 heterocycles. The highest BCUT2D eigenvalue weighted by molar-refractivity contribution is 5.52. The van der Waals surface area contributed by atoms with Gasteiger partial charge in [-0.1, -0.05) is 6.92 Å². The maximum Gasteiger partial charge on any atom is 0.237 e. The molecule has 1 unspecified atom stereocenters. The van der Waals surface area contributed by atoms with Crippen LogP contribution in [0.2, 0.25) is 0 Å². The van der Waals surface area contributed by atoms with Crippen molar-refractivity contribution in [3.05, 3.63) is 18.3 Å². The maximum atomic E-state index is 5.59. The van der Waals surface area contributed by atoms with E-state index in [1.807, 2.05) is 13.0 Å². The van der Waals surface area contributed by atoms with Crippen LogP contribution in [-0.2, 0) is 0 Å². The monoisotopic (exact) mass is 277 g/mol. The largest absolute Gasteiger partial charge is 0.476 e. The van der Waals surface area contributed by atoms with Gasteiger partial charge in [0.15, 0.2) is 0 Å². The molecule has 1 atom stereocenters. The van der Waals surface area contributed by atoms with Crippen LogP contribution in [0.25, 0.3) is 0 Å². The highest BCUT2D eigenvalue weighted by Crippen LogP contribution is 2.24. The lowest BCUT2D eigenvalue weighted by Crippen LogP contribution is -2.27. The van der Waals surface area contributed by atoms with Gasteiger partial charge in [0.2, 0.25) is 5.88 Å². The van der Waals surface area contributed by atoms with Gasteiger partial charge in [0.05, 0.1) is 12.3 Å². The zero-order valence-corrected chi connectivity index (χ0v) is 12.8. The number of ether oxygens (including phenoxy) is 1. The third-order valence-corrected chi connectivity index (χ3v) is 3.77. The van der Waals surface area contributed by atoms with E-state index in [-0.39, 0.29) is 0 Å². The molecule has 0 amide bonds. The van der Waals surface area contributed by atoms with Crippen molar-refractivity contribution in [1.29, 1.82) is 0 Å². The molecule has 1 aliphatic rings. The second kappa shape index (κ2) is 8.10. The number of aromatic nitrogens is 1. The number of likely N-dealkylation sites (tertiary alicyclic amines) is 1. The lowest BCUT2D eigenvalue weighted by Gasteiger charge is -2.20. The zero-order chi connectivity index (χ0) is 14.2. The van der Waals surface area contributed by atoms with Crippen molar-refractivity contribution in [2.75, 3.05) is 31.6 Å². The van der Waals surface area contributed by atoms with Crippen LogP contribution in [0.4, 0.5) is 5.69 Å². The molecular weight excluding hydrogens is 250 g/mol.